The van der Waals surface area contributed by atoms with Gasteiger partial charge in [0.05, 0.1) is 0 Å². The molecule has 0 spiro atoms. The Hall–Kier alpha value is 0.467. The molecule has 1 nitrogen and oxygen atoms in total. The molecule has 1 fully saturated rings. The van der Waals surface area contributed by atoms with Crippen LogP contribution < -0.4 is 4.98 Å². The second-order valence-corrected chi connectivity index (χ2v) is 7.61. The van der Waals surface area contributed by atoms with Gasteiger partial charge in [0.2, 0.25) is 8.27 Å². The molecule has 0 aromatic rings. The summed E-state index contributed by atoms with van der Waals surface area (Å²) in [6, 6.07) is 0.570. The predicted octanol–water partition coefficient (Wildman–Crippen LogP) is 2.78. The summed E-state index contributed by atoms with van der Waals surface area (Å²) in [5.41, 5.74) is 0.850. The Balaban J connectivity index is 2.24. The zero-order chi connectivity index (χ0) is 8.97. The second-order valence-electron chi connectivity index (χ2n) is 4.12. The van der Waals surface area contributed by atoms with Crippen molar-refractivity contribution in [3.63, 3.8) is 0 Å². The van der Waals surface area contributed by atoms with Crippen LogP contribution in [0.5, 0.6) is 0 Å². The number of rotatable bonds is 3. The molecule has 0 bridgehead atoms. The lowest BCUT2D eigenvalue weighted by molar-refractivity contribution is 0.493. The summed E-state index contributed by atoms with van der Waals surface area (Å²) < 4.78 is 0. The van der Waals surface area contributed by atoms with Gasteiger partial charge in [-0.15, -0.1) is 0 Å². The Morgan fingerprint density at radius 1 is 1.25 bits per heavy atom. The van der Waals surface area contributed by atoms with Crippen molar-refractivity contribution < 1.29 is 0 Å². The maximum atomic E-state index is 6.38. The van der Waals surface area contributed by atoms with E-state index >= 15 is 0 Å². The standard InChI is InChI=1S/C9H20ClNSi/c1-8(2)11-12(10)9-6-4-3-5-7-9/h8-9,11-12H,3-7H2,1-2H3. The van der Waals surface area contributed by atoms with Gasteiger partial charge in [0.15, 0.2) is 0 Å². The molecule has 3 heteroatoms. The highest BCUT2D eigenvalue weighted by atomic mass is 35.6. The fourth-order valence-electron chi connectivity index (χ4n) is 1.88. The molecule has 0 saturated heterocycles. The zero-order valence-electron chi connectivity index (χ0n) is 8.15. The minimum atomic E-state index is -1.12. The van der Waals surface area contributed by atoms with Gasteiger partial charge in [-0.1, -0.05) is 46.0 Å². The zero-order valence-corrected chi connectivity index (χ0v) is 10.1. The number of halogens is 1. The molecule has 0 aromatic carbocycles. The molecule has 1 aliphatic carbocycles. The van der Waals surface area contributed by atoms with Crippen molar-refractivity contribution >= 4 is 19.3 Å². The van der Waals surface area contributed by atoms with Crippen molar-refractivity contribution in [3.8, 4) is 0 Å². The normalized spacial score (nSPS) is 23.0. The maximum Gasteiger partial charge on any atom is 0.214 e. The quantitative estimate of drug-likeness (QED) is 0.552. The summed E-state index contributed by atoms with van der Waals surface area (Å²) in [7, 11) is -1.12. The van der Waals surface area contributed by atoms with Gasteiger partial charge in [-0.05, 0) is 11.6 Å². The lowest BCUT2D eigenvalue weighted by Crippen LogP contribution is -2.38. The molecule has 1 unspecified atom stereocenters. The van der Waals surface area contributed by atoms with E-state index in [9.17, 15) is 0 Å². The molecule has 0 radical (unpaired) electrons. The van der Waals surface area contributed by atoms with Crippen LogP contribution in [0.15, 0.2) is 0 Å². The first-order valence-corrected chi connectivity index (χ1v) is 8.09. The molecule has 1 rings (SSSR count). The molecule has 1 saturated carbocycles. The summed E-state index contributed by atoms with van der Waals surface area (Å²) in [6.45, 7) is 4.37. The molecule has 0 heterocycles. The predicted molar refractivity (Wildman–Crippen MR) is 58.1 cm³/mol. The molecule has 72 valence electrons. The Morgan fingerprint density at radius 3 is 2.33 bits per heavy atom. The highest BCUT2D eigenvalue weighted by molar-refractivity contribution is 7.06. The maximum absolute atomic E-state index is 6.38. The Morgan fingerprint density at radius 2 is 1.83 bits per heavy atom. The Labute approximate surface area is 82.3 Å². The minimum absolute atomic E-state index is 0.570. The van der Waals surface area contributed by atoms with E-state index in [1.54, 1.807) is 0 Å². The third kappa shape index (κ3) is 3.46. The number of hydrogen-bond donors (Lipinski definition) is 1. The van der Waals surface area contributed by atoms with Crippen LogP contribution >= 0.6 is 11.1 Å². The van der Waals surface area contributed by atoms with E-state index < -0.39 is 8.27 Å². The van der Waals surface area contributed by atoms with Crippen molar-refractivity contribution in [1.29, 1.82) is 0 Å². The van der Waals surface area contributed by atoms with Gasteiger partial charge in [0, 0.05) is 0 Å². The van der Waals surface area contributed by atoms with Crippen molar-refractivity contribution in [3.05, 3.63) is 0 Å². The first-order valence-electron chi connectivity index (χ1n) is 5.10. The van der Waals surface area contributed by atoms with Gasteiger partial charge in [-0.2, -0.15) is 11.1 Å². The highest BCUT2D eigenvalue weighted by Crippen LogP contribution is 2.31. The van der Waals surface area contributed by atoms with Crippen molar-refractivity contribution in [2.45, 2.75) is 57.5 Å². The average molecular weight is 206 g/mol. The molecule has 1 atom stereocenters. The van der Waals surface area contributed by atoms with Crippen LogP contribution in [-0.4, -0.2) is 14.3 Å². The van der Waals surface area contributed by atoms with Gasteiger partial charge in [0.1, 0.15) is 0 Å². The second kappa shape index (κ2) is 5.25. The third-order valence-corrected chi connectivity index (χ3v) is 6.48. The van der Waals surface area contributed by atoms with E-state index in [0.717, 1.165) is 5.54 Å². The molecule has 12 heavy (non-hydrogen) atoms. The lowest BCUT2D eigenvalue weighted by Gasteiger charge is -2.26. The van der Waals surface area contributed by atoms with E-state index in [0.29, 0.717) is 6.04 Å². The molecule has 1 aliphatic rings. The van der Waals surface area contributed by atoms with Gasteiger partial charge >= 0.3 is 0 Å². The van der Waals surface area contributed by atoms with E-state index in [2.05, 4.69) is 18.8 Å². The molecule has 0 aromatic heterocycles. The first kappa shape index (κ1) is 10.5. The fourth-order valence-corrected chi connectivity index (χ4v) is 5.36. The molecular weight excluding hydrogens is 186 g/mol. The smallest absolute Gasteiger partial charge is 0.214 e. The van der Waals surface area contributed by atoms with Crippen LogP contribution in [0.1, 0.15) is 46.0 Å². The summed E-state index contributed by atoms with van der Waals surface area (Å²) in [5, 5.41) is 0. The topological polar surface area (TPSA) is 12.0 Å². The molecular formula is C9H20ClNSi. The van der Waals surface area contributed by atoms with Gasteiger partial charge in [0.25, 0.3) is 0 Å². The van der Waals surface area contributed by atoms with Gasteiger partial charge in [-0.25, -0.2) is 0 Å². The Kier molecular flexibility index (Phi) is 4.62. The number of hydrogen-bond acceptors (Lipinski definition) is 1. The van der Waals surface area contributed by atoms with E-state index in [4.69, 9.17) is 11.1 Å². The summed E-state index contributed by atoms with van der Waals surface area (Å²) in [4.78, 5) is 3.52. The van der Waals surface area contributed by atoms with Crippen LogP contribution in [0, 0.1) is 0 Å². The Bertz CT molecular complexity index is 124. The van der Waals surface area contributed by atoms with Crippen LogP contribution in [0.25, 0.3) is 0 Å². The van der Waals surface area contributed by atoms with Crippen LogP contribution in [0.3, 0.4) is 0 Å². The van der Waals surface area contributed by atoms with Crippen molar-refractivity contribution in [2.75, 3.05) is 0 Å². The van der Waals surface area contributed by atoms with Crippen LogP contribution in [0.4, 0.5) is 0 Å². The fraction of sp³-hybridized carbons (Fsp3) is 1.00. The number of nitrogens with one attached hydrogen (secondary N) is 1. The van der Waals surface area contributed by atoms with Crippen molar-refractivity contribution in [1.82, 2.24) is 4.98 Å². The summed E-state index contributed by atoms with van der Waals surface area (Å²) in [6.07, 6.45) is 6.98. The molecule has 0 amide bonds. The van der Waals surface area contributed by atoms with E-state index in [1.807, 2.05) is 0 Å². The lowest BCUT2D eigenvalue weighted by atomic mass is 10.0. The third-order valence-electron chi connectivity index (χ3n) is 2.56. The van der Waals surface area contributed by atoms with Gasteiger partial charge < -0.3 is 4.98 Å². The largest absolute Gasteiger partial charge is 0.325 e. The SMILES string of the molecule is CC(C)N[SiH](Cl)C1CCCCC1. The molecule has 0 aliphatic heterocycles. The highest BCUT2D eigenvalue weighted by Gasteiger charge is 2.23. The van der Waals surface area contributed by atoms with E-state index in [-0.39, 0.29) is 0 Å². The summed E-state index contributed by atoms with van der Waals surface area (Å²) >= 11 is 6.38. The monoisotopic (exact) mass is 205 g/mol. The minimum Gasteiger partial charge on any atom is -0.325 e. The van der Waals surface area contributed by atoms with Crippen LogP contribution in [0.2, 0.25) is 5.54 Å². The van der Waals surface area contributed by atoms with E-state index in [1.165, 1.54) is 32.1 Å². The molecule has 1 N–H and O–H groups in total. The van der Waals surface area contributed by atoms with Gasteiger partial charge in [-0.3, -0.25) is 0 Å². The average Bonchev–Trinajstić information content (AvgIpc) is 2.05. The van der Waals surface area contributed by atoms with Crippen molar-refractivity contribution in [2.24, 2.45) is 0 Å². The summed E-state index contributed by atoms with van der Waals surface area (Å²) in [5.74, 6) is 0. The first-order chi connectivity index (χ1) is 5.70. The van der Waals surface area contributed by atoms with Crippen LogP contribution in [-0.2, 0) is 0 Å².